The molecular weight excluding hydrogens is 392 g/mol. The van der Waals surface area contributed by atoms with Crippen LogP contribution in [0.25, 0.3) is 0 Å². The van der Waals surface area contributed by atoms with Gasteiger partial charge in [0.25, 0.3) is 5.91 Å². The maximum absolute atomic E-state index is 12.6. The van der Waals surface area contributed by atoms with Crippen LogP contribution in [0.3, 0.4) is 0 Å². The number of amides is 1. The SMILES string of the molecule is CCN(C(=O)[C@@H](C)OC(=O)c1ccc(Cl)c(S(N)(=O)=O)c1)c1ccccc1. The van der Waals surface area contributed by atoms with Crippen molar-refractivity contribution in [3.63, 3.8) is 0 Å². The molecule has 0 saturated carbocycles. The first-order valence-corrected chi connectivity index (χ1v) is 9.97. The van der Waals surface area contributed by atoms with Gasteiger partial charge in [-0.1, -0.05) is 29.8 Å². The van der Waals surface area contributed by atoms with E-state index in [9.17, 15) is 18.0 Å². The van der Waals surface area contributed by atoms with Crippen molar-refractivity contribution in [3.8, 4) is 0 Å². The quantitative estimate of drug-likeness (QED) is 0.736. The van der Waals surface area contributed by atoms with Crippen molar-refractivity contribution in [3.05, 3.63) is 59.1 Å². The zero-order valence-corrected chi connectivity index (χ0v) is 16.3. The maximum atomic E-state index is 12.6. The number of para-hydroxylation sites is 1. The predicted molar refractivity (Wildman–Crippen MR) is 102 cm³/mol. The number of primary sulfonamides is 1. The molecule has 2 aromatic carbocycles. The number of ether oxygens (including phenoxy) is 1. The lowest BCUT2D eigenvalue weighted by atomic mass is 10.2. The maximum Gasteiger partial charge on any atom is 0.338 e. The second-order valence-corrected chi connectivity index (χ2v) is 7.59. The van der Waals surface area contributed by atoms with Crippen LogP contribution in [-0.4, -0.2) is 32.9 Å². The number of carbonyl (C=O) groups excluding carboxylic acids is 2. The number of esters is 1. The smallest absolute Gasteiger partial charge is 0.338 e. The van der Waals surface area contributed by atoms with E-state index in [1.807, 2.05) is 6.07 Å². The van der Waals surface area contributed by atoms with Gasteiger partial charge in [0.05, 0.1) is 10.6 Å². The minimum absolute atomic E-state index is 0.0779. The number of nitrogens with zero attached hydrogens (tertiary/aromatic N) is 1. The molecule has 0 radical (unpaired) electrons. The molecule has 0 fully saturated rings. The highest BCUT2D eigenvalue weighted by atomic mass is 35.5. The summed E-state index contributed by atoms with van der Waals surface area (Å²) in [5.74, 6) is -1.26. The van der Waals surface area contributed by atoms with Gasteiger partial charge in [0.15, 0.2) is 6.10 Å². The predicted octanol–water partition coefficient (Wildman–Crippen LogP) is 2.59. The van der Waals surface area contributed by atoms with Gasteiger partial charge in [-0.05, 0) is 44.2 Å². The van der Waals surface area contributed by atoms with Gasteiger partial charge in [0.1, 0.15) is 4.90 Å². The number of benzene rings is 2. The summed E-state index contributed by atoms with van der Waals surface area (Å²) < 4.78 is 28.3. The van der Waals surface area contributed by atoms with Gasteiger partial charge in [0, 0.05) is 12.2 Å². The summed E-state index contributed by atoms with van der Waals surface area (Å²) >= 11 is 5.80. The number of hydrogen-bond donors (Lipinski definition) is 1. The molecule has 0 bridgehead atoms. The number of sulfonamides is 1. The first kappa shape index (κ1) is 20.9. The van der Waals surface area contributed by atoms with E-state index in [4.69, 9.17) is 21.5 Å². The van der Waals surface area contributed by atoms with Crippen LogP contribution >= 0.6 is 11.6 Å². The first-order chi connectivity index (χ1) is 12.6. The molecular formula is C18H19ClN2O5S. The molecule has 0 saturated heterocycles. The molecule has 0 aliphatic heterocycles. The van der Waals surface area contributed by atoms with Crippen molar-refractivity contribution in [2.24, 2.45) is 5.14 Å². The van der Waals surface area contributed by atoms with Crippen molar-refractivity contribution in [2.75, 3.05) is 11.4 Å². The molecule has 2 aromatic rings. The Balaban J connectivity index is 2.19. The summed E-state index contributed by atoms with van der Waals surface area (Å²) in [4.78, 5) is 26.0. The lowest BCUT2D eigenvalue weighted by Gasteiger charge is -2.24. The highest BCUT2D eigenvalue weighted by molar-refractivity contribution is 7.89. The Labute approximate surface area is 162 Å². The van der Waals surface area contributed by atoms with E-state index in [-0.39, 0.29) is 10.6 Å². The molecule has 0 spiro atoms. The van der Waals surface area contributed by atoms with Crippen LogP contribution in [0.1, 0.15) is 24.2 Å². The standard InChI is InChI=1S/C18H19ClN2O5S/c1-3-21(14-7-5-4-6-8-14)17(22)12(2)26-18(23)13-9-10-15(19)16(11-13)27(20,24)25/h4-12H,3H2,1-2H3,(H2,20,24,25)/t12-/m1/s1. The van der Waals surface area contributed by atoms with Crippen molar-refractivity contribution in [2.45, 2.75) is 24.8 Å². The fourth-order valence-corrected chi connectivity index (χ4v) is 3.49. The molecule has 0 heterocycles. The molecule has 144 valence electrons. The van der Waals surface area contributed by atoms with E-state index < -0.39 is 32.9 Å². The van der Waals surface area contributed by atoms with Gasteiger partial charge < -0.3 is 9.64 Å². The largest absolute Gasteiger partial charge is 0.449 e. The van der Waals surface area contributed by atoms with Crippen molar-refractivity contribution in [1.82, 2.24) is 0 Å². The summed E-state index contributed by atoms with van der Waals surface area (Å²) in [6.45, 7) is 3.64. The molecule has 7 nitrogen and oxygen atoms in total. The van der Waals surface area contributed by atoms with Gasteiger partial charge >= 0.3 is 5.97 Å². The summed E-state index contributed by atoms with van der Waals surface area (Å²) in [6, 6.07) is 12.5. The molecule has 27 heavy (non-hydrogen) atoms. The second-order valence-electron chi connectivity index (χ2n) is 5.66. The van der Waals surface area contributed by atoms with Gasteiger partial charge in [-0.3, -0.25) is 4.79 Å². The van der Waals surface area contributed by atoms with Crippen molar-refractivity contribution in [1.29, 1.82) is 0 Å². The molecule has 1 amide bonds. The van der Waals surface area contributed by atoms with E-state index in [1.54, 1.807) is 31.2 Å². The molecule has 0 unspecified atom stereocenters. The molecule has 0 aliphatic carbocycles. The van der Waals surface area contributed by atoms with E-state index in [0.29, 0.717) is 12.2 Å². The third-order valence-electron chi connectivity index (χ3n) is 3.76. The van der Waals surface area contributed by atoms with E-state index in [1.165, 1.54) is 24.0 Å². The van der Waals surface area contributed by atoms with Crippen molar-refractivity contribution >= 4 is 39.2 Å². The molecule has 0 aromatic heterocycles. The van der Waals surface area contributed by atoms with Gasteiger partial charge in [0.2, 0.25) is 10.0 Å². The molecule has 1 atom stereocenters. The van der Waals surface area contributed by atoms with Crippen LogP contribution in [0.4, 0.5) is 5.69 Å². The highest BCUT2D eigenvalue weighted by Gasteiger charge is 2.25. The van der Waals surface area contributed by atoms with Gasteiger partial charge in [-0.15, -0.1) is 0 Å². The van der Waals surface area contributed by atoms with Crippen LogP contribution in [0, 0.1) is 0 Å². The number of anilines is 1. The topological polar surface area (TPSA) is 107 Å². The third kappa shape index (κ3) is 5.06. The number of halogens is 1. The lowest BCUT2D eigenvalue weighted by Crippen LogP contribution is -2.40. The normalized spacial score (nSPS) is 12.3. The Bertz CT molecular complexity index is 947. The second kappa shape index (κ2) is 8.51. The van der Waals surface area contributed by atoms with E-state index >= 15 is 0 Å². The molecule has 0 aliphatic rings. The molecule has 2 rings (SSSR count). The number of carbonyl (C=O) groups is 2. The third-order valence-corrected chi connectivity index (χ3v) is 5.15. The fraction of sp³-hybridized carbons (Fsp3) is 0.222. The first-order valence-electron chi connectivity index (χ1n) is 8.05. The Kier molecular flexibility index (Phi) is 6.59. The molecule has 9 heteroatoms. The number of nitrogens with two attached hydrogens (primary N) is 1. The van der Waals surface area contributed by atoms with E-state index in [2.05, 4.69) is 0 Å². The summed E-state index contributed by atoms with van der Waals surface area (Å²) in [5.41, 5.74) is 0.599. The Hall–Kier alpha value is -2.42. The zero-order chi connectivity index (χ0) is 20.2. The minimum atomic E-state index is -4.10. The van der Waals surface area contributed by atoms with Crippen LogP contribution in [0.15, 0.2) is 53.4 Å². The Morgan fingerprint density at radius 2 is 1.81 bits per heavy atom. The Morgan fingerprint density at radius 1 is 1.19 bits per heavy atom. The van der Waals surface area contributed by atoms with Crippen LogP contribution in [-0.2, 0) is 19.6 Å². The average molecular weight is 411 g/mol. The summed E-state index contributed by atoms with van der Waals surface area (Å²) in [7, 11) is -4.10. The number of hydrogen-bond acceptors (Lipinski definition) is 5. The monoisotopic (exact) mass is 410 g/mol. The summed E-state index contributed by atoms with van der Waals surface area (Å²) in [5, 5.41) is 4.96. The highest BCUT2D eigenvalue weighted by Crippen LogP contribution is 2.22. The summed E-state index contributed by atoms with van der Waals surface area (Å²) in [6.07, 6.45) is -1.08. The van der Waals surface area contributed by atoms with Crippen LogP contribution < -0.4 is 10.0 Å². The van der Waals surface area contributed by atoms with Crippen molar-refractivity contribution < 1.29 is 22.7 Å². The van der Waals surface area contributed by atoms with Gasteiger partial charge in [-0.2, -0.15) is 0 Å². The fourth-order valence-electron chi connectivity index (χ4n) is 2.42. The average Bonchev–Trinajstić information content (AvgIpc) is 2.62. The zero-order valence-electron chi connectivity index (χ0n) is 14.8. The van der Waals surface area contributed by atoms with E-state index in [0.717, 1.165) is 6.07 Å². The van der Waals surface area contributed by atoms with Crippen LogP contribution in [0.5, 0.6) is 0 Å². The van der Waals surface area contributed by atoms with Gasteiger partial charge in [-0.25, -0.2) is 18.4 Å². The molecule has 2 N–H and O–H groups in total. The van der Waals surface area contributed by atoms with Crippen LogP contribution in [0.2, 0.25) is 5.02 Å². The number of rotatable bonds is 6. The Morgan fingerprint density at radius 3 is 2.37 bits per heavy atom. The number of likely N-dealkylation sites (N-methyl/N-ethyl adjacent to an activating group) is 1. The lowest BCUT2D eigenvalue weighted by molar-refractivity contribution is -0.126. The minimum Gasteiger partial charge on any atom is -0.449 e.